The van der Waals surface area contributed by atoms with Gasteiger partial charge in [-0.1, -0.05) is 30.3 Å². The molecule has 6 nitrogen and oxygen atoms in total. The Morgan fingerprint density at radius 2 is 1.90 bits per heavy atom. The van der Waals surface area contributed by atoms with Crippen molar-refractivity contribution in [1.82, 2.24) is 20.2 Å². The Labute approximate surface area is 173 Å². The van der Waals surface area contributed by atoms with Crippen molar-refractivity contribution in [1.29, 1.82) is 0 Å². The molecule has 7 heteroatoms. The van der Waals surface area contributed by atoms with E-state index in [0.717, 1.165) is 23.4 Å². The van der Waals surface area contributed by atoms with Crippen molar-refractivity contribution in [2.45, 2.75) is 12.8 Å². The molecular weight excluding hydrogens is 384 g/mol. The molecule has 0 bridgehead atoms. The lowest BCUT2D eigenvalue weighted by Crippen LogP contribution is -2.41. The first-order valence-corrected chi connectivity index (χ1v) is 10.6. The van der Waals surface area contributed by atoms with Crippen LogP contribution in [0.3, 0.4) is 0 Å². The van der Waals surface area contributed by atoms with E-state index in [4.69, 9.17) is 0 Å². The number of nitrogens with zero attached hydrogens (tertiary/aromatic N) is 3. The lowest BCUT2D eigenvalue weighted by Gasteiger charge is -2.32. The van der Waals surface area contributed by atoms with E-state index in [-0.39, 0.29) is 11.8 Å². The Morgan fingerprint density at radius 3 is 2.62 bits per heavy atom. The third-order valence-corrected chi connectivity index (χ3v) is 6.01. The van der Waals surface area contributed by atoms with Gasteiger partial charge in [0, 0.05) is 43.0 Å². The van der Waals surface area contributed by atoms with Gasteiger partial charge in [-0.05, 0) is 30.9 Å². The number of hydrogen-bond acceptors (Lipinski definition) is 5. The number of pyridine rings is 1. The number of amides is 2. The Kier molecular flexibility index (Phi) is 5.95. The molecule has 1 saturated heterocycles. The van der Waals surface area contributed by atoms with Gasteiger partial charge in [0.2, 0.25) is 0 Å². The molecule has 0 aliphatic carbocycles. The van der Waals surface area contributed by atoms with E-state index in [9.17, 15) is 9.59 Å². The molecule has 0 unspecified atom stereocenters. The fraction of sp³-hybridized carbons (Fsp3) is 0.273. The number of benzene rings is 1. The number of rotatable bonds is 5. The van der Waals surface area contributed by atoms with E-state index in [1.165, 1.54) is 11.3 Å². The third kappa shape index (κ3) is 4.68. The molecule has 0 spiro atoms. The number of hydrogen-bond donors (Lipinski definition) is 1. The first kappa shape index (κ1) is 19.3. The summed E-state index contributed by atoms with van der Waals surface area (Å²) < 4.78 is 0. The molecule has 3 aromatic rings. The fourth-order valence-electron chi connectivity index (χ4n) is 3.43. The van der Waals surface area contributed by atoms with Crippen LogP contribution in [-0.2, 0) is 0 Å². The standard InChI is InChI=1S/C22H22N4O2S/c27-20(19-15-29-21(25-19)17-5-2-1-3-6-17)24-13-16-8-11-26(12-9-16)22(28)18-7-4-10-23-14-18/h1-7,10,14-16H,8-9,11-13H2,(H,24,27). The highest BCUT2D eigenvalue weighted by atomic mass is 32.1. The van der Waals surface area contributed by atoms with Crippen LogP contribution in [-0.4, -0.2) is 46.3 Å². The molecule has 0 radical (unpaired) electrons. The van der Waals surface area contributed by atoms with Gasteiger partial charge in [0.1, 0.15) is 10.7 Å². The van der Waals surface area contributed by atoms with Crippen LogP contribution in [0.2, 0.25) is 0 Å². The molecule has 1 aliphatic heterocycles. The van der Waals surface area contributed by atoms with Crippen molar-refractivity contribution in [2.24, 2.45) is 5.92 Å². The summed E-state index contributed by atoms with van der Waals surface area (Å²) in [4.78, 5) is 35.3. The average molecular weight is 407 g/mol. The van der Waals surface area contributed by atoms with Crippen LogP contribution in [0.4, 0.5) is 0 Å². The molecule has 3 heterocycles. The van der Waals surface area contributed by atoms with Gasteiger partial charge < -0.3 is 10.2 Å². The van der Waals surface area contributed by atoms with Crippen molar-refractivity contribution in [3.63, 3.8) is 0 Å². The smallest absolute Gasteiger partial charge is 0.270 e. The topological polar surface area (TPSA) is 75.2 Å². The van der Waals surface area contributed by atoms with Crippen molar-refractivity contribution in [3.05, 3.63) is 71.5 Å². The number of carbonyl (C=O) groups excluding carboxylic acids is 2. The lowest BCUT2D eigenvalue weighted by atomic mass is 9.96. The van der Waals surface area contributed by atoms with Gasteiger partial charge in [0.15, 0.2) is 0 Å². The molecule has 2 amide bonds. The molecular formula is C22H22N4O2S. The first-order valence-electron chi connectivity index (χ1n) is 9.69. The summed E-state index contributed by atoms with van der Waals surface area (Å²) in [7, 11) is 0. The zero-order chi connectivity index (χ0) is 20.1. The molecule has 1 aromatic carbocycles. The highest BCUT2D eigenvalue weighted by molar-refractivity contribution is 7.13. The Morgan fingerprint density at radius 1 is 1.10 bits per heavy atom. The minimum Gasteiger partial charge on any atom is -0.350 e. The van der Waals surface area contributed by atoms with E-state index in [2.05, 4.69) is 15.3 Å². The van der Waals surface area contributed by atoms with Crippen LogP contribution in [0.1, 0.15) is 33.7 Å². The van der Waals surface area contributed by atoms with Crippen molar-refractivity contribution < 1.29 is 9.59 Å². The van der Waals surface area contributed by atoms with Gasteiger partial charge in [-0.2, -0.15) is 0 Å². The summed E-state index contributed by atoms with van der Waals surface area (Å²) in [6.45, 7) is 2.00. The zero-order valence-corrected chi connectivity index (χ0v) is 16.8. The first-order chi connectivity index (χ1) is 14.2. The Bertz CT molecular complexity index is 967. The maximum absolute atomic E-state index is 12.5. The molecule has 4 rings (SSSR count). The van der Waals surface area contributed by atoms with Crippen LogP contribution in [0, 0.1) is 5.92 Å². The summed E-state index contributed by atoms with van der Waals surface area (Å²) >= 11 is 1.47. The number of aromatic nitrogens is 2. The summed E-state index contributed by atoms with van der Waals surface area (Å²) in [6, 6.07) is 13.4. The van der Waals surface area contributed by atoms with E-state index < -0.39 is 0 Å². The average Bonchev–Trinajstić information content (AvgIpc) is 3.29. The van der Waals surface area contributed by atoms with Crippen LogP contribution >= 0.6 is 11.3 Å². The van der Waals surface area contributed by atoms with E-state index >= 15 is 0 Å². The fourth-order valence-corrected chi connectivity index (χ4v) is 4.24. The van der Waals surface area contributed by atoms with Gasteiger partial charge in [-0.15, -0.1) is 11.3 Å². The number of nitrogens with one attached hydrogen (secondary N) is 1. The number of carbonyl (C=O) groups is 2. The quantitative estimate of drug-likeness (QED) is 0.704. The second-order valence-corrected chi connectivity index (χ2v) is 7.95. The molecule has 29 heavy (non-hydrogen) atoms. The van der Waals surface area contributed by atoms with Gasteiger partial charge in [-0.3, -0.25) is 14.6 Å². The summed E-state index contributed by atoms with van der Waals surface area (Å²) in [5.41, 5.74) is 2.09. The molecule has 0 atom stereocenters. The largest absolute Gasteiger partial charge is 0.350 e. The zero-order valence-electron chi connectivity index (χ0n) is 16.0. The summed E-state index contributed by atoms with van der Waals surface area (Å²) in [6.07, 6.45) is 5.01. The predicted molar refractivity (Wildman–Crippen MR) is 113 cm³/mol. The Hall–Kier alpha value is -3.06. The number of piperidine rings is 1. The molecule has 0 saturated carbocycles. The highest BCUT2D eigenvalue weighted by Gasteiger charge is 2.24. The maximum atomic E-state index is 12.5. The molecule has 148 valence electrons. The van der Waals surface area contributed by atoms with E-state index in [1.54, 1.807) is 29.9 Å². The molecule has 1 aliphatic rings. The van der Waals surface area contributed by atoms with Crippen LogP contribution in [0.25, 0.3) is 10.6 Å². The van der Waals surface area contributed by atoms with Crippen molar-refractivity contribution >= 4 is 23.2 Å². The van der Waals surface area contributed by atoms with Crippen LogP contribution < -0.4 is 5.32 Å². The maximum Gasteiger partial charge on any atom is 0.270 e. The van der Waals surface area contributed by atoms with Crippen LogP contribution in [0.15, 0.2) is 60.2 Å². The minimum atomic E-state index is -0.141. The van der Waals surface area contributed by atoms with E-state index in [0.29, 0.717) is 36.8 Å². The van der Waals surface area contributed by atoms with Gasteiger partial charge in [-0.25, -0.2) is 4.98 Å². The predicted octanol–water partition coefficient (Wildman–Crippen LogP) is 3.49. The normalized spacial score (nSPS) is 14.6. The summed E-state index contributed by atoms with van der Waals surface area (Å²) in [5, 5.41) is 5.64. The SMILES string of the molecule is O=C(NCC1CCN(C(=O)c2cccnc2)CC1)c1csc(-c2ccccc2)n1. The number of thiazole rings is 1. The van der Waals surface area contributed by atoms with Gasteiger partial charge in [0.25, 0.3) is 11.8 Å². The van der Waals surface area contributed by atoms with Gasteiger partial charge >= 0.3 is 0 Å². The van der Waals surface area contributed by atoms with Gasteiger partial charge in [0.05, 0.1) is 5.56 Å². The highest BCUT2D eigenvalue weighted by Crippen LogP contribution is 2.23. The molecule has 2 aromatic heterocycles. The summed E-state index contributed by atoms with van der Waals surface area (Å²) in [5.74, 6) is 0.248. The lowest BCUT2D eigenvalue weighted by molar-refractivity contribution is 0.0683. The van der Waals surface area contributed by atoms with E-state index in [1.807, 2.05) is 35.2 Å². The Balaban J connectivity index is 1.26. The minimum absolute atomic E-state index is 0.0245. The van der Waals surface area contributed by atoms with Crippen LogP contribution in [0.5, 0.6) is 0 Å². The molecule has 1 fully saturated rings. The molecule has 1 N–H and O–H groups in total. The second-order valence-electron chi connectivity index (χ2n) is 7.09. The number of likely N-dealkylation sites (tertiary alicyclic amines) is 1. The van der Waals surface area contributed by atoms with Crippen molar-refractivity contribution in [3.8, 4) is 10.6 Å². The monoisotopic (exact) mass is 406 g/mol. The van der Waals surface area contributed by atoms with Crippen molar-refractivity contribution in [2.75, 3.05) is 19.6 Å². The third-order valence-electron chi connectivity index (χ3n) is 5.12. The second kappa shape index (κ2) is 8.96.